The molecule has 8 nitrogen and oxygen atoms in total. The second-order valence-electron chi connectivity index (χ2n) is 10.5. The average Bonchev–Trinajstić information content (AvgIpc) is 3.49. The SMILES string of the molecule is Cc1c(Cl)cccc1NS(=O)(=O)c1ccc2c(c1)[C@H]1C=CC[C@H]1[C@@H](c1ccc(OCc3ccc([N+](=O)[O-])cc3)cc1)N2. The van der Waals surface area contributed by atoms with Gasteiger partial charge >= 0.3 is 0 Å². The summed E-state index contributed by atoms with van der Waals surface area (Å²) in [4.78, 5) is 10.6. The topological polar surface area (TPSA) is 111 Å². The Bertz CT molecular complexity index is 1790. The predicted octanol–water partition coefficient (Wildman–Crippen LogP) is 7.76. The fourth-order valence-corrected chi connectivity index (χ4v) is 6.98. The minimum Gasteiger partial charge on any atom is -0.489 e. The summed E-state index contributed by atoms with van der Waals surface area (Å²) in [6, 6.07) is 24.7. The van der Waals surface area contributed by atoms with Gasteiger partial charge in [-0.15, -0.1) is 0 Å². The van der Waals surface area contributed by atoms with Gasteiger partial charge in [-0.05, 0) is 96.1 Å². The van der Waals surface area contributed by atoms with E-state index in [-0.39, 0.29) is 28.5 Å². The zero-order valence-electron chi connectivity index (χ0n) is 22.7. The number of fused-ring (bicyclic) bond motifs is 3. The zero-order valence-corrected chi connectivity index (χ0v) is 24.2. The molecule has 0 fully saturated rings. The molecule has 1 aliphatic carbocycles. The van der Waals surface area contributed by atoms with E-state index in [1.165, 1.54) is 12.1 Å². The summed E-state index contributed by atoms with van der Waals surface area (Å²) < 4.78 is 35.2. The number of nitro groups is 1. The van der Waals surface area contributed by atoms with Gasteiger partial charge in [0.15, 0.2) is 0 Å². The second-order valence-corrected chi connectivity index (χ2v) is 12.6. The maximum atomic E-state index is 13.3. The first-order valence-corrected chi connectivity index (χ1v) is 15.4. The number of halogens is 1. The number of hydrogen-bond acceptors (Lipinski definition) is 6. The van der Waals surface area contributed by atoms with Gasteiger partial charge in [0.05, 0.1) is 21.5 Å². The summed E-state index contributed by atoms with van der Waals surface area (Å²) in [6.07, 6.45) is 5.20. The summed E-state index contributed by atoms with van der Waals surface area (Å²) in [5.74, 6) is 1.00. The number of ether oxygens (including phenoxy) is 1. The van der Waals surface area contributed by atoms with Gasteiger partial charge in [-0.2, -0.15) is 0 Å². The third-order valence-corrected chi connectivity index (χ3v) is 9.72. The molecule has 2 N–H and O–H groups in total. The van der Waals surface area contributed by atoms with Crippen LogP contribution in [0.2, 0.25) is 5.02 Å². The molecule has 0 aromatic heterocycles. The number of nitrogens with zero attached hydrogens (tertiary/aromatic N) is 1. The van der Waals surface area contributed by atoms with E-state index in [1.807, 2.05) is 30.3 Å². The maximum absolute atomic E-state index is 13.3. The lowest BCUT2D eigenvalue weighted by atomic mass is 9.77. The molecular weight excluding hydrogens is 574 g/mol. The fraction of sp³-hybridized carbons (Fsp3) is 0.188. The Morgan fingerprint density at radius 3 is 2.55 bits per heavy atom. The number of benzene rings is 4. The van der Waals surface area contributed by atoms with Gasteiger partial charge in [-0.25, -0.2) is 8.42 Å². The van der Waals surface area contributed by atoms with Crippen LogP contribution in [0.3, 0.4) is 0 Å². The van der Waals surface area contributed by atoms with Gasteiger partial charge in [0.25, 0.3) is 15.7 Å². The van der Waals surface area contributed by atoms with Crippen LogP contribution in [-0.2, 0) is 16.6 Å². The molecule has 0 unspecified atom stereocenters. The Kier molecular flexibility index (Phi) is 7.38. The van der Waals surface area contributed by atoms with Crippen LogP contribution in [0.15, 0.2) is 102 Å². The van der Waals surface area contributed by atoms with Crippen molar-refractivity contribution in [2.75, 3.05) is 10.0 Å². The monoisotopic (exact) mass is 601 g/mol. The van der Waals surface area contributed by atoms with Crippen molar-refractivity contribution < 1.29 is 18.1 Å². The highest BCUT2D eigenvalue weighted by Gasteiger charge is 2.38. The standard InChI is InChI=1S/C32H28ClN3O5S/c1-20-29(33)6-3-7-30(20)35-42(39,40)25-16-17-31-28(18-25)26-4-2-5-27(26)32(34-31)22-10-14-24(15-11-22)41-19-21-8-12-23(13-9-21)36(37)38/h2-4,6-18,26-27,32,34-35H,5,19H2,1H3/t26-,27+,32+/m0/s1. The molecule has 1 aliphatic heterocycles. The number of nitro benzene ring substituents is 1. The third kappa shape index (κ3) is 5.45. The Morgan fingerprint density at radius 2 is 1.81 bits per heavy atom. The van der Waals surface area contributed by atoms with E-state index < -0.39 is 14.9 Å². The summed E-state index contributed by atoms with van der Waals surface area (Å²) in [5, 5.41) is 15.0. The number of non-ortho nitro benzene ring substituents is 1. The van der Waals surface area contributed by atoms with E-state index in [0.717, 1.165) is 28.8 Å². The number of hydrogen-bond donors (Lipinski definition) is 2. The molecule has 0 saturated carbocycles. The molecule has 4 aromatic carbocycles. The number of sulfonamides is 1. The quantitative estimate of drug-likeness (QED) is 0.121. The molecule has 0 spiro atoms. The van der Waals surface area contributed by atoms with Gasteiger partial charge in [0.1, 0.15) is 12.4 Å². The first kappa shape index (κ1) is 27.8. The summed E-state index contributed by atoms with van der Waals surface area (Å²) in [7, 11) is -3.82. The van der Waals surface area contributed by atoms with Crippen molar-refractivity contribution >= 4 is 38.7 Å². The van der Waals surface area contributed by atoms with Gasteiger partial charge in [-0.1, -0.05) is 42.0 Å². The van der Waals surface area contributed by atoms with E-state index in [4.69, 9.17) is 16.3 Å². The second kappa shape index (κ2) is 11.2. The summed E-state index contributed by atoms with van der Waals surface area (Å²) >= 11 is 6.20. The molecule has 2 aliphatic rings. The van der Waals surface area contributed by atoms with Gasteiger partial charge in [0.2, 0.25) is 0 Å². The number of allylic oxidation sites excluding steroid dienone is 2. The van der Waals surface area contributed by atoms with E-state index in [0.29, 0.717) is 28.6 Å². The molecule has 0 saturated heterocycles. The molecule has 6 rings (SSSR count). The first-order chi connectivity index (χ1) is 20.2. The summed E-state index contributed by atoms with van der Waals surface area (Å²) in [6.45, 7) is 2.08. The van der Waals surface area contributed by atoms with Crippen LogP contribution in [0.5, 0.6) is 5.75 Å². The molecule has 1 heterocycles. The Morgan fingerprint density at radius 1 is 1.05 bits per heavy atom. The molecule has 214 valence electrons. The average molecular weight is 602 g/mol. The van der Waals surface area contributed by atoms with Gasteiger partial charge in [-0.3, -0.25) is 14.8 Å². The minimum atomic E-state index is -3.82. The maximum Gasteiger partial charge on any atom is 0.269 e. The normalized spacial score (nSPS) is 19.0. The molecule has 4 aromatic rings. The molecule has 42 heavy (non-hydrogen) atoms. The lowest BCUT2D eigenvalue weighted by Gasteiger charge is -2.37. The predicted molar refractivity (Wildman–Crippen MR) is 164 cm³/mol. The molecule has 3 atom stereocenters. The number of nitrogens with one attached hydrogen (secondary N) is 2. The molecule has 0 radical (unpaired) electrons. The first-order valence-electron chi connectivity index (χ1n) is 13.5. The van der Waals surface area contributed by atoms with Crippen LogP contribution >= 0.6 is 11.6 Å². The van der Waals surface area contributed by atoms with Crippen molar-refractivity contribution in [1.82, 2.24) is 0 Å². The highest BCUT2D eigenvalue weighted by Crippen LogP contribution is 2.50. The zero-order chi connectivity index (χ0) is 29.4. The van der Waals surface area contributed by atoms with E-state index in [2.05, 4.69) is 22.2 Å². The highest BCUT2D eigenvalue weighted by molar-refractivity contribution is 7.92. The van der Waals surface area contributed by atoms with E-state index in [9.17, 15) is 18.5 Å². The Balaban J connectivity index is 1.19. The molecule has 0 amide bonds. The van der Waals surface area contributed by atoms with Crippen LogP contribution in [-0.4, -0.2) is 13.3 Å². The van der Waals surface area contributed by atoms with E-state index >= 15 is 0 Å². The summed E-state index contributed by atoms with van der Waals surface area (Å²) in [5.41, 5.74) is 4.99. The Hall–Kier alpha value is -4.34. The lowest BCUT2D eigenvalue weighted by molar-refractivity contribution is -0.384. The fourth-order valence-electron chi connectivity index (χ4n) is 5.64. The Labute approximate surface area is 249 Å². The smallest absolute Gasteiger partial charge is 0.269 e. The highest BCUT2D eigenvalue weighted by atomic mass is 35.5. The molecule has 0 bridgehead atoms. The van der Waals surface area contributed by atoms with Crippen LogP contribution < -0.4 is 14.8 Å². The number of anilines is 2. The third-order valence-electron chi connectivity index (χ3n) is 7.95. The van der Waals surface area contributed by atoms with Gasteiger partial charge < -0.3 is 10.1 Å². The number of rotatable bonds is 8. The van der Waals surface area contributed by atoms with Crippen LogP contribution in [0.1, 0.15) is 40.6 Å². The van der Waals surface area contributed by atoms with E-state index in [1.54, 1.807) is 49.4 Å². The van der Waals surface area contributed by atoms with Crippen LogP contribution in [0.25, 0.3) is 0 Å². The molecular formula is C32H28ClN3O5S. The van der Waals surface area contributed by atoms with Gasteiger partial charge in [0, 0.05) is 28.8 Å². The van der Waals surface area contributed by atoms with Crippen molar-refractivity contribution in [3.05, 3.63) is 134 Å². The van der Waals surface area contributed by atoms with Crippen LogP contribution in [0, 0.1) is 23.0 Å². The largest absolute Gasteiger partial charge is 0.489 e. The minimum absolute atomic E-state index is 0.0379. The van der Waals surface area contributed by atoms with Crippen LogP contribution in [0.4, 0.5) is 17.1 Å². The van der Waals surface area contributed by atoms with Crippen molar-refractivity contribution in [3.63, 3.8) is 0 Å². The van der Waals surface area contributed by atoms with Crippen molar-refractivity contribution in [2.45, 2.75) is 36.8 Å². The van der Waals surface area contributed by atoms with Crippen molar-refractivity contribution in [2.24, 2.45) is 5.92 Å². The van der Waals surface area contributed by atoms with Crippen molar-refractivity contribution in [3.8, 4) is 5.75 Å². The molecule has 10 heteroatoms. The van der Waals surface area contributed by atoms with Crippen molar-refractivity contribution in [1.29, 1.82) is 0 Å². The lowest BCUT2D eigenvalue weighted by Crippen LogP contribution is -2.29.